The second-order valence-corrected chi connectivity index (χ2v) is 9.67. The molecular formula is C28H30ClN7O3. The van der Waals surface area contributed by atoms with Gasteiger partial charge in [0.15, 0.2) is 11.5 Å². The molecule has 1 amide bonds. The van der Waals surface area contributed by atoms with Crippen LogP contribution in [-0.4, -0.2) is 64.1 Å². The molecule has 0 saturated carbocycles. The number of methoxy groups -OCH3 is 1. The Morgan fingerprint density at radius 2 is 1.85 bits per heavy atom. The van der Waals surface area contributed by atoms with Gasteiger partial charge in [-0.1, -0.05) is 24.1 Å². The first-order chi connectivity index (χ1) is 19.1. The van der Waals surface area contributed by atoms with Gasteiger partial charge in [0.2, 0.25) is 5.95 Å². The van der Waals surface area contributed by atoms with E-state index in [1.54, 1.807) is 43.8 Å². The number of carbonyl (C=O) groups is 1. The third-order valence-electron chi connectivity index (χ3n) is 6.47. The van der Waals surface area contributed by atoms with Gasteiger partial charge < -0.3 is 19.7 Å². The van der Waals surface area contributed by atoms with E-state index in [2.05, 4.69) is 35.5 Å². The second-order valence-electron chi connectivity index (χ2n) is 9.23. The number of ether oxygens (including phenoxy) is 2. The van der Waals surface area contributed by atoms with Gasteiger partial charge >= 0.3 is 0 Å². The van der Waals surface area contributed by atoms with Crippen molar-refractivity contribution in [1.29, 1.82) is 0 Å². The van der Waals surface area contributed by atoms with Gasteiger partial charge in [-0.3, -0.25) is 10.1 Å². The number of rotatable bonds is 10. The molecule has 5 rings (SSSR count). The standard InChI is InChI=1S/C28H30ClN7O3/c1-38-24-14-22-23(15-25(24)39-12-6-11-36-9-3-2-4-10-36)32-18-33-26(22)34-21-16-30-28(31-17-21)35-27(37)19-7-5-8-20(29)13-19/h5,7-8,13-18H,2-4,6,9-12H2,1H3,(H,32,33,34)(H,30,31,35,37). The van der Waals surface area contributed by atoms with Crippen LogP contribution in [-0.2, 0) is 0 Å². The van der Waals surface area contributed by atoms with Crippen LogP contribution in [0.2, 0.25) is 5.02 Å². The van der Waals surface area contributed by atoms with E-state index >= 15 is 0 Å². The van der Waals surface area contributed by atoms with Gasteiger partial charge in [0.1, 0.15) is 12.1 Å². The predicted molar refractivity (Wildman–Crippen MR) is 151 cm³/mol. The molecule has 2 aromatic heterocycles. The lowest BCUT2D eigenvalue weighted by molar-refractivity contribution is 0.102. The third-order valence-corrected chi connectivity index (χ3v) is 6.71. The molecule has 202 valence electrons. The van der Waals surface area contributed by atoms with Gasteiger partial charge in [-0.05, 0) is 56.6 Å². The molecule has 0 radical (unpaired) electrons. The maximum absolute atomic E-state index is 12.4. The number of halogens is 1. The molecule has 2 aromatic carbocycles. The average molecular weight is 548 g/mol. The van der Waals surface area contributed by atoms with E-state index in [9.17, 15) is 4.79 Å². The molecule has 3 heterocycles. The zero-order valence-corrected chi connectivity index (χ0v) is 22.4. The van der Waals surface area contributed by atoms with Crippen molar-refractivity contribution >= 4 is 45.9 Å². The summed E-state index contributed by atoms with van der Waals surface area (Å²) in [5, 5.41) is 7.11. The highest BCUT2D eigenvalue weighted by Crippen LogP contribution is 2.34. The number of amides is 1. The van der Waals surface area contributed by atoms with Crippen molar-refractivity contribution in [2.24, 2.45) is 0 Å². The van der Waals surface area contributed by atoms with Crippen molar-refractivity contribution in [3.63, 3.8) is 0 Å². The van der Waals surface area contributed by atoms with Gasteiger partial charge in [0, 0.05) is 28.6 Å². The molecule has 0 bridgehead atoms. The van der Waals surface area contributed by atoms with Crippen molar-refractivity contribution in [2.45, 2.75) is 25.7 Å². The van der Waals surface area contributed by atoms with E-state index in [1.807, 2.05) is 12.1 Å². The normalized spacial score (nSPS) is 13.7. The Labute approximate surface area is 231 Å². The van der Waals surface area contributed by atoms with Crippen molar-refractivity contribution in [1.82, 2.24) is 24.8 Å². The molecule has 1 fully saturated rings. The molecular weight excluding hydrogens is 518 g/mol. The fraction of sp³-hybridized carbons (Fsp3) is 0.321. The van der Waals surface area contributed by atoms with Crippen LogP contribution in [0, 0.1) is 0 Å². The Balaban J connectivity index is 1.24. The van der Waals surface area contributed by atoms with E-state index in [0.29, 0.717) is 45.7 Å². The minimum atomic E-state index is -0.350. The largest absolute Gasteiger partial charge is 0.493 e. The lowest BCUT2D eigenvalue weighted by Crippen LogP contribution is -2.31. The monoisotopic (exact) mass is 547 g/mol. The van der Waals surface area contributed by atoms with Gasteiger partial charge in [0.25, 0.3) is 5.91 Å². The highest BCUT2D eigenvalue weighted by molar-refractivity contribution is 6.31. The molecule has 1 saturated heterocycles. The summed E-state index contributed by atoms with van der Waals surface area (Å²) in [7, 11) is 1.61. The first-order valence-electron chi connectivity index (χ1n) is 12.9. The van der Waals surface area contributed by atoms with Crippen LogP contribution in [0.3, 0.4) is 0 Å². The highest BCUT2D eigenvalue weighted by Gasteiger charge is 2.14. The summed E-state index contributed by atoms with van der Waals surface area (Å²) in [6.07, 6.45) is 9.46. The summed E-state index contributed by atoms with van der Waals surface area (Å²) in [6.45, 7) is 4.00. The molecule has 4 aromatic rings. The van der Waals surface area contributed by atoms with Crippen LogP contribution >= 0.6 is 11.6 Å². The van der Waals surface area contributed by atoms with Crippen molar-refractivity contribution in [2.75, 3.05) is 44.0 Å². The smallest absolute Gasteiger partial charge is 0.258 e. The summed E-state index contributed by atoms with van der Waals surface area (Å²) in [4.78, 5) is 32.2. The number of fused-ring (bicyclic) bond motifs is 1. The number of hydrogen-bond acceptors (Lipinski definition) is 9. The van der Waals surface area contributed by atoms with Crippen molar-refractivity contribution in [3.8, 4) is 11.5 Å². The van der Waals surface area contributed by atoms with E-state index < -0.39 is 0 Å². The number of benzene rings is 2. The van der Waals surface area contributed by atoms with Gasteiger partial charge in [-0.15, -0.1) is 0 Å². The number of carbonyl (C=O) groups excluding carboxylic acids is 1. The zero-order valence-electron chi connectivity index (χ0n) is 21.7. The number of piperidine rings is 1. The number of aromatic nitrogens is 4. The molecule has 1 aliphatic heterocycles. The average Bonchev–Trinajstić information content (AvgIpc) is 2.96. The molecule has 0 unspecified atom stereocenters. The Morgan fingerprint density at radius 3 is 2.62 bits per heavy atom. The fourth-order valence-electron chi connectivity index (χ4n) is 4.49. The minimum absolute atomic E-state index is 0.168. The second kappa shape index (κ2) is 12.7. The van der Waals surface area contributed by atoms with Crippen LogP contribution in [0.5, 0.6) is 11.5 Å². The summed E-state index contributed by atoms with van der Waals surface area (Å²) in [5.41, 5.74) is 1.72. The van der Waals surface area contributed by atoms with Crippen molar-refractivity contribution in [3.05, 3.63) is 65.7 Å². The van der Waals surface area contributed by atoms with Crippen molar-refractivity contribution < 1.29 is 14.3 Å². The van der Waals surface area contributed by atoms with Crippen LogP contribution in [0.25, 0.3) is 10.9 Å². The number of anilines is 3. The molecule has 0 spiro atoms. The molecule has 2 N–H and O–H groups in total. The lowest BCUT2D eigenvalue weighted by atomic mass is 10.1. The SMILES string of the molecule is COc1cc2c(Nc3cnc(NC(=O)c4cccc(Cl)c4)nc3)ncnc2cc1OCCCN1CCCCC1. The number of likely N-dealkylation sites (tertiary alicyclic amines) is 1. The zero-order chi connectivity index (χ0) is 27.0. The summed E-state index contributed by atoms with van der Waals surface area (Å²) in [5.74, 6) is 1.64. The topological polar surface area (TPSA) is 114 Å². The summed E-state index contributed by atoms with van der Waals surface area (Å²) < 4.78 is 11.7. The Morgan fingerprint density at radius 1 is 1.03 bits per heavy atom. The number of nitrogens with zero attached hydrogens (tertiary/aromatic N) is 5. The molecule has 11 heteroatoms. The fourth-order valence-corrected chi connectivity index (χ4v) is 4.68. The molecule has 0 aliphatic carbocycles. The Kier molecular flexibility index (Phi) is 8.65. The Bertz CT molecular complexity index is 1430. The van der Waals surface area contributed by atoms with Crippen LogP contribution in [0.4, 0.5) is 17.5 Å². The van der Waals surface area contributed by atoms with E-state index in [4.69, 9.17) is 21.1 Å². The van der Waals surface area contributed by atoms with Crippen LogP contribution in [0.15, 0.2) is 55.1 Å². The molecule has 0 atom stereocenters. The number of nitrogens with one attached hydrogen (secondary N) is 2. The van der Waals surface area contributed by atoms with Crippen LogP contribution in [0.1, 0.15) is 36.0 Å². The quantitative estimate of drug-likeness (QED) is 0.254. The summed E-state index contributed by atoms with van der Waals surface area (Å²) >= 11 is 5.97. The van der Waals surface area contributed by atoms with E-state index in [0.717, 1.165) is 18.4 Å². The predicted octanol–water partition coefficient (Wildman–Crippen LogP) is 5.33. The van der Waals surface area contributed by atoms with Crippen LogP contribution < -0.4 is 20.1 Å². The van der Waals surface area contributed by atoms with Gasteiger partial charge in [-0.2, -0.15) is 0 Å². The van der Waals surface area contributed by atoms with E-state index in [-0.39, 0.29) is 11.9 Å². The first kappa shape index (κ1) is 26.6. The van der Waals surface area contributed by atoms with Gasteiger partial charge in [-0.25, -0.2) is 19.9 Å². The summed E-state index contributed by atoms with van der Waals surface area (Å²) in [6, 6.07) is 10.4. The lowest BCUT2D eigenvalue weighted by Gasteiger charge is -2.26. The maximum Gasteiger partial charge on any atom is 0.258 e. The number of hydrogen-bond donors (Lipinski definition) is 2. The molecule has 39 heavy (non-hydrogen) atoms. The minimum Gasteiger partial charge on any atom is -0.493 e. The Hall–Kier alpha value is -4.02. The molecule has 1 aliphatic rings. The van der Waals surface area contributed by atoms with E-state index in [1.165, 1.54) is 38.7 Å². The maximum atomic E-state index is 12.4. The first-order valence-corrected chi connectivity index (χ1v) is 13.3. The van der Waals surface area contributed by atoms with Gasteiger partial charge in [0.05, 0.1) is 37.3 Å². The highest BCUT2D eigenvalue weighted by atomic mass is 35.5. The molecule has 10 nitrogen and oxygen atoms in total. The third kappa shape index (κ3) is 6.90.